The van der Waals surface area contributed by atoms with E-state index in [4.69, 9.17) is 19.9 Å². The number of anilines is 1. The monoisotopic (exact) mass is 1270 g/mol. The number of methoxy groups -OCH3 is 2. The van der Waals surface area contributed by atoms with Gasteiger partial charge in [-0.15, -0.1) is 11.3 Å². The third-order valence-corrected chi connectivity index (χ3v) is 18.3. The molecule has 3 aromatic rings. The zero-order valence-corrected chi connectivity index (χ0v) is 56.2. The van der Waals surface area contributed by atoms with Crippen LogP contribution in [0.3, 0.4) is 0 Å². The number of nitrogens with two attached hydrogens (primary N) is 1. The molecule has 1 aromatic heterocycles. The molecule has 12 atom stereocenters. The summed E-state index contributed by atoms with van der Waals surface area (Å²) in [4.78, 5) is 142. The minimum absolute atomic E-state index is 0.0132. The number of nitrogens with zero attached hydrogens (tertiary/aromatic N) is 3. The Labute approximate surface area is 536 Å². The summed E-state index contributed by atoms with van der Waals surface area (Å²) in [7, 11) is 6.27. The lowest BCUT2D eigenvalue weighted by Crippen LogP contribution is -2.60. The second kappa shape index (κ2) is 37.3. The summed E-state index contributed by atoms with van der Waals surface area (Å²) in [6.45, 7) is 17.9. The maximum atomic E-state index is 14.9. The summed E-state index contributed by atoms with van der Waals surface area (Å²) in [5, 5.41) is 16.4. The predicted octanol–water partition coefficient (Wildman–Crippen LogP) is 8.16. The minimum Gasteiger partial charge on any atom is -0.445 e. The van der Waals surface area contributed by atoms with Gasteiger partial charge in [-0.2, -0.15) is 0 Å². The van der Waals surface area contributed by atoms with Crippen LogP contribution in [0.2, 0.25) is 0 Å². The molecule has 4 rings (SSSR count). The highest BCUT2D eigenvalue weighted by molar-refractivity contribution is 7.09. The molecule has 1 saturated carbocycles. The Hall–Kier alpha value is -7.11. The SMILES string of the molecule is CC[C@H](C)[C@@H]([C@@H](CC(=O)C1CCCC1[C@H](OC)[C@@H](C)C(=O)CC(Cc1ccccc1)c1nccs1)OC)N(C)C(=O)[C@@H](NC(=O)[C@H](C(C)C)N(C)C(=O)OCc1ccc(NC(=O)[C@H](CCCNC(N)=O)NC(=O)[C@@H](NC(=O)CCC(C)=O)C(C)C)cc1)C(C)C. The largest absolute Gasteiger partial charge is 0.445 e. The molecule has 0 radical (unpaired) electrons. The number of Topliss-reactive ketones (excluding diaryl/α,β-unsaturated/α-hetero) is 3. The molecule has 23 heteroatoms. The number of likely N-dealkylation sites (N-methyl/N-ethyl adjacent to an activating group) is 2. The van der Waals surface area contributed by atoms with E-state index in [1.807, 2.05) is 58.2 Å². The molecule has 2 aromatic carbocycles. The smallest absolute Gasteiger partial charge is 0.410 e. The Kier molecular flexibility index (Phi) is 31.2. The van der Waals surface area contributed by atoms with Crippen LogP contribution < -0.4 is 32.3 Å². The number of primary amides is 1. The number of hydrogen-bond acceptors (Lipinski definition) is 15. The number of thiazole rings is 1. The number of benzene rings is 2. The Morgan fingerprint density at radius 3 is 1.98 bits per heavy atom. The van der Waals surface area contributed by atoms with Gasteiger partial charge < -0.3 is 56.2 Å². The lowest BCUT2D eigenvalue weighted by atomic mass is 9.77. The van der Waals surface area contributed by atoms with Crippen LogP contribution in [0, 0.1) is 41.4 Å². The van der Waals surface area contributed by atoms with E-state index in [-0.39, 0.29) is 105 Å². The van der Waals surface area contributed by atoms with Crippen LogP contribution in [0.5, 0.6) is 0 Å². The maximum absolute atomic E-state index is 14.9. The molecule has 7 N–H and O–H groups in total. The third-order valence-electron chi connectivity index (χ3n) is 17.3. The summed E-state index contributed by atoms with van der Waals surface area (Å²) in [6, 6.07) is 10.9. The summed E-state index contributed by atoms with van der Waals surface area (Å²) in [5.74, 6) is -5.28. The van der Waals surface area contributed by atoms with E-state index in [1.165, 1.54) is 18.9 Å². The molecule has 8 amide bonds. The fourth-order valence-electron chi connectivity index (χ4n) is 12.1. The maximum Gasteiger partial charge on any atom is 0.410 e. The van der Waals surface area contributed by atoms with Crippen molar-refractivity contribution in [2.75, 3.05) is 40.2 Å². The number of urea groups is 1. The second-order valence-corrected chi connectivity index (χ2v) is 26.1. The van der Waals surface area contributed by atoms with Gasteiger partial charge in [0.1, 0.15) is 48.1 Å². The van der Waals surface area contributed by atoms with E-state index in [9.17, 15) is 47.9 Å². The standard InChI is InChI=1S/C67H101N9O13S/c1-15-42(8)59(54(87-13)37-53(79)49-23-19-24-50(49)60(88-14)44(10)52(78)36-47(64-69-33-34-90-64)35-45-21-17-16-18-22-45)75(11)65(84)57(40(4)5)74-63(83)58(41(6)7)76(12)67(86)89-38-46-27-29-48(30-28-46)71-61(81)51(25-20-32-70-66(68)85)72-62(82)56(39(2)3)73-55(80)31-26-43(9)77/h16-18,21-22,27-30,33-34,39-42,44,47,49-51,54,56-60H,15,19-20,23-26,31-32,35-38H2,1-14H3,(H,71,81)(H,72,82)(H,73,80)(H,74,83)(H3,68,70,85)/t42-,44-,47?,49?,50?,51-,54+,56-,57-,58-,59-,60+/m0/s1. The van der Waals surface area contributed by atoms with Crippen molar-refractivity contribution in [1.82, 2.24) is 36.1 Å². The van der Waals surface area contributed by atoms with E-state index >= 15 is 0 Å². The molecule has 0 aliphatic heterocycles. The summed E-state index contributed by atoms with van der Waals surface area (Å²) in [6.07, 6.45) is 3.82. The van der Waals surface area contributed by atoms with E-state index in [0.717, 1.165) is 23.4 Å². The fourth-order valence-corrected chi connectivity index (χ4v) is 12.8. The Bertz CT molecular complexity index is 2820. The number of nitrogens with one attached hydrogen (secondary N) is 5. The van der Waals surface area contributed by atoms with Crippen LogP contribution in [0.15, 0.2) is 66.2 Å². The molecule has 1 fully saturated rings. The number of amides is 8. The van der Waals surface area contributed by atoms with Crippen molar-refractivity contribution in [3.8, 4) is 0 Å². The molecule has 0 bridgehead atoms. The topological polar surface area (TPSA) is 304 Å². The zero-order valence-electron chi connectivity index (χ0n) is 55.3. The van der Waals surface area contributed by atoms with Crippen LogP contribution in [-0.2, 0) is 65.6 Å². The quantitative estimate of drug-likeness (QED) is 0.0295. The van der Waals surface area contributed by atoms with Crippen LogP contribution in [0.4, 0.5) is 15.3 Å². The fraction of sp³-hybridized carbons (Fsp3) is 0.627. The number of hydrogen-bond donors (Lipinski definition) is 6. The van der Waals surface area contributed by atoms with Crippen molar-refractivity contribution in [3.63, 3.8) is 0 Å². The molecule has 1 aliphatic rings. The lowest BCUT2D eigenvalue weighted by Gasteiger charge is -2.40. The first-order valence-corrected chi connectivity index (χ1v) is 32.5. The highest BCUT2D eigenvalue weighted by Gasteiger charge is 2.45. The number of aromatic nitrogens is 1. The van der Waals surface area contributed by atoms with Crippen LogP contribution in [-0.4, -0.2) is 151 Å². The second-order valence-electron chi connectivity index (χ2n) is 25.1. The number of rotatable bonds is 38. The molecule has 3 unspecified atom stereocenters. The first kappa shape index (κ1) is 75.3. The van der Waals surface area contributed by atoms with Crippen molar-refractivity contribution in [1.29, 1.82) is 0 Å². The molecular weight excluding hydrogens is 1170 g/mol. The molecule has 0 spiro atoms. The van der Waals surface area contributed by atoms with Gasteiger partial charge >= 0.3 is 12.1 Å². The first-order chi connectivity index (χ1) is 42.6. The zero-order chi connectivity index (χ0) is 66.9. The average molecular weight is 1270 g/mol. The van der Waals surface area contributed by atoms with Gasteiger partial charge in [0.25, 0.3) is 0 Å². The van der Waals surface area contributed by atoms with Gasteiger partial charge in [0.15, 0.2) is 0 Å². The number of carbonyl (C=O) groups excluding carboxylic acids is 10. The Morgan fingerprint density at radius 2 is 1.41 bits per heavy atom. The van der Waals surface area contributed by atoms with Gasteiger partial charge in [-0.25, -0.2) is 14.6 Å². The summed E-state index contributed by atoms with van der Waals surface area (Å²) >= 11 is 1.54. The van der Waals surface area contributed by atoms with Crippen molar-refractivity contribution in [2.24, 2.45) is 47.2 Å². The molecule has 90 heavy (non-hydrogen) atoms. The van der Waals surface area contributed by atoms with Gasteiger partial charge in [-0.1, -0.05) is 118 Å². The van der Waals surface area contributed by atoms with Gasteiger partial charge in [-0.3, -0.25) is 38.5 Å². The van der Waals surface area contributed by atoms with E-state index in [1.54, 1.807) is 95.7 Å². The van der Waals surface area contributed by atoms with Crippen molar-refractivity contribution in [3.05, 3.63) is 82.3 Å². The molecule has 498 valence electrons. The predicted molar refractivity (Wildman–Crippen MR) is 346 cm³/mol. The van der Waals surface area contributed by atoms with Gasteiger partial charge in [-0.05, 0) is 91.9 Å². The van der Waals surface area contributed by atoms with E-state index in [0.29, 0.717) is 30.5 Å². The van der Waals surface area contributed by atoms with Crippen LogP contribution in [0.1, 0.15) is 155 Å². The van der Waals surface area contributed by atoms with Gasteiger partial charge in [0.2, 0.25) is 29.5 Å². The highest BCUT2D eigenvalue weighted by Crippen LogP contribution is 2.41. The minimum atomic E-state index is -1.10. The van der Waals surface area contributed by atoms with Crippen molar-refractivity contribution in [2.45, 2.75) is 195 Å². The van der Waals surface area contributed by atoms with Crippen LogP contribution in [0.25, 0.3) is 0 Å². The average Bonchev–Trinajstić information content (AvgIpc) is 1.76. The van der Waals surface area contributed by atoms with Crippen molar-refractivity contribution >= 4 is 76.0 Å². The van der Waals surface area contributed by atoms with Gasteiger partial charge in [0.05, 0.1) is 23.3 Å². The number of ether oxygens (including phenoxy) is 3. The number of carbonyl (C=O) groups is 10. The van der Waals surface area contributed by atoms with Crippen LogP contribution >= 0.6 is 11.3 Å². The molecular formula is C67H101N9O13S. The van der Waals surface area contributed by atoms with Gasteiger partial charge in [0, 0.05) is 95.6 Å². The molecule has 0 saturated heterocycles. The first-order valence-electron chi connectivity index (χ1n) is 31.7. The van der Waals surface area contributed by atoms with E-state index < -0.39 is 95.9 Å². The Morgan fingerprint density at radius 1 is 0.744 bits per heavy atom. The lowest BCUT2D eigenvalue weighted by molar-refractivity contribution is -0.145. The van der Waals surface area contributed by atoms with Crippen molar-refractivity contribution < 1.29 is 62.2 Å². The summed E-state index contributed by atoms with van der Waals surface area (Å²) < 4.78 is 18.0. The summed E-state index contributed by atoms with van der Waals surface area (Å²) in [5.41, 5.74) is 7.22. The number of ketones is 3. The third kappa shape index (κ3) is 22.7. The Balaban J connectivity index is 1.41. The molecule has 1 aliphatic carbocycles. The highest BCUT2D eigenvalue weighted by atomic mass is 32.1. The van der Waals surface area contributed by atoms with E-state index in [2.05, 4.69) is 43.7 Å². The molecule has 1 heterocycles. The normalized spacial score (nSPS) is 17.3. The molecule has 22 nitrogen and oxygen atoms in total.